The van der Waals surface area contributed by atoms with Gasteiger partial charge in [0, 0.05) is 17.1 Å². The minimum absolute atomic E-state index is 0.154. The molecule has 0 amide bonds. The summed E-state index contributed by atoms with van der Waals surface area (Å²) in [6.07, 6.45) is 0. The Bertz CT molecular complexity index is 1270. The molecule has 0 fully saturated rings. The molecule has 0 atom stereocenters. The van der Waals surface area contributed by atoms with Crippen LogP contribution in [0.25, 0.3) is 22.3 Å². The van der Waals surface area contributed by atoms with Crippen LogP contribution in [0.5, 0.6) is 11.5 Å². The molecule has 2 aromatic heterocycles. The Morgan fingerprint density at radius 3 is 2.61 bits per heavy atom. The van der Waals surface area contributed by atoms with E-state index in [1.165, 1.54) is 0 Å². The second-order valence-corrected chi connectivity index (χ2v) is 6.99. The van der Waals surface area contributed by atoms with Gasteiger partial charge in [-0.15, -0.1) is 0 Å². The molecule has 31 heavy (non-hydrogen) atoms. The van der Waals surface area contributed by atoms with Crippen LogP contribution in [0.1, 0.15) is 27.5 Å². The van der Waals surface area contributed by atoms with Gasteiger partial charge < -0.3 is 18.7 Å². The lowest BCUT2D eigenvalue weighted by Crippen LogP contribution is -2.07. The van der Waals surface area contributed by atoms with E-state index >= 15 is 0 Å². The van der Waals surface area contributed by atoms with E-state index in [2.05, 4.69) is 15.1 Å². The zero-order chi connectivity index (χ0) is 22.0. The van der Waals surface area contributed by atoms with Crippen molar-refractivity contribution in [1.29, 1.82) is 0 Å². The molecule has 8 heteroatoms. The molecule has 0 radical (unpaired) electrons. The lowest BCUT2D eigenvalue weighted by Gasteiger charge is -2.08. The minimum atomic E-state index is -0.483. The van der Waals surface area contributed by atoms with Crippen LogP contribution in [0.15, 0.2) is 47.0 Å². The fraction of sp³-hybridized carbons (Fsp3) is 0.217. The van der Waals surface area contributed by atoms with E-state index in [0.29, 0.717) is 28.5 Å². The van der Waals surface area contributed by atoms with E-state index in [0.717, 1.165) is 22.2 Å². The van der Waals surface area contributed by atoms with Crippen LogP contribution in [-0.2, 0) is 11.3 Å². The van der Waals surface area contributed by atoms with Crippen molar-refractivity contribution < 1.29 is 23.5 Å². The summed E-state index contributed by atoms with van der Waals surface area (Å²) in [6.45, 7) is 3.64. The monoisotopic (exact) mass is 419 g/mol. The van der Waals surface area contributed by atoms with Crippen molar-refractivity contribution in [2.24, 2.45) is 0 Å². The first-order valence-electron chi connectivity index (χ1n) is 9.58. The molecule has 0 saturated carbocycles. The molecule has 0 aliphatic rings. The van der Waals surface area contributed by atoms with E-state index in [9.17, 15) is 4.79 Å². The van der Waals surface area contributed by atoms with Gasteiger partial charge in [-0.1, -0.05) is 16.8 Å². The topological polar surface area (TPSA) is 96.6 Å². The SMILES string of the molecule is COc1ccc(-c2noc(COC(=O)c3cc(C)nc4ccc(C)cc34)n2)c(OC)c1. The van der Waals surface area contributed by atoms with E-state index in [4.69, 9.17) is 18.7 Å². The van der Waals surface area contributed by atoms with Crippen molar-refractivity contribution in [3.63, 3.8) is 0 Å². The van der Waals surface area contributed by atoms with Crippen molar-refractivity contribution in [2.75, 3.05) is 14.2 Å². The number of nitrogens with zero attached hydrogens (tertiary/aromatic N) is 3. The highest BCUT2D eigenvalue weighted by molar-refractivity contribution is 6.03. The van der Waals surface area contributed by atoms with Gasteiger partial charge in [0.2, 0.25) is 5.82 Å². The number of ether oxygens (including phenoxy) is 3. The number of carbonyl (C=O) groups excluding carboxylic acids is 1. The van der Waals surface area contributed by atoms with Gasteiger partial charge in [-0.3, -0.25) is 4.98 Å². The molecule has 4 rings (SSSR count). The summed E-state index contributed by atoms with van der Waals surface area (Å²) in [6, 6.07) is 12.7. The van der Waals surface area contributed by atoms with E-state index in [1.807, 2.05) is 32.0 Å². The largest absolute Gasteiger partial charge is 0.497 e. The number of carbonyl (C=O) groups is 1. The number of aryl methyl sites for hydroxylation is 2. The van der Waals surface area contributed by atoms with Gasteiger partial charge in [-0.25, -0.2) is 4.79 Å². The van der Waals surface area contributed by atoms with Gasteiger partial charge in [0.05, 0.1) is 30.9 Å². The third-order valence-electron chi connectivity index (χ3n) is 4.76. The third-order valence-corrected chi connectivity index (χ3v) is 4.76. The van der Waals surface area contributed by atoms with Gasteiger partial charge in [0.15, 0.2) is 6.61 Å². The third kappa shape index (κ3) is 4.18. The lowest BCUT2D eigenvalue weighted by atomic mass is 10.1. The molecule has 4 aromatic rings. The Labute approximate surface area is 178 Å². The summed E-state index contributed by atoms with van der Waals surface area (Å²) in [5.41, 5.74) is 3.58. The minimum Gasteiger partial charge on any atom is -0.497 e. The quantitative estimate of drug-likeness (QED) is 0.427. The predicted octanol–water partition coefficient (Wildman–Crippen LogP) is 4.28. The normalized spacial score (nSPS) is 10.8. The van der Waals surface area contributed by atoms with Crippen LogP contribution < -0.4 is 9.47 Å². The maximum absolute atomic E-state index is 12.8. The Kier molecular flexibility index (Phi) is 5.53. The van der Waals surface area contributed by atoms with Gasteiger partial charge in [0.25, 0.3) is 5.89 Å². The van der Waals surface area contributed by atoms with E-state index in [1.54, 1.807) is 38.5 Å². The van der Waals surface area contributed by atoms with Gasteiger partial charge in [0.1, 0.15) is 11.5 Å². The standard InChI is InChI=1S/C23H21N3O5/c1-13-5-8-19-17(9-13)18(10-14(2)24-19)23(27)30-12-21-25-22(26-31-21)16-7-6-15(28-3)11-20(16)29-4/h5-11H,12H2,1-4H3. The summed E-state index contributed by atoms with van der Waals surface area (Å²) in [7, 11) is 3.12. The fourth-order valence-corrected chi connectivity index (χ4v) is 3.25. The van der Waals surface area contributed by atoms with E-state index in [-0.39, 0.29) is 12.5 Å². The van der Waals surface area contributed by atoms with Crippen molar-refractivity contribution in [2.45, 2.75) is 20.5 Å². The van der Waals surface area contributed by atoms with E-state index < -0.39 is 5.97 Å². The first-order chi connectivity index (χ1) is 15.0. The summed E-state index contributed by atoms with van der Waals surface area (Å²) >= 11 is 0. The maximum Gasteiger partial charge on any atom is 0.339 e. The number of pyridine rings is 1. The smallest absolute Gasteiger partial charge is 0.339 e. The molecule has 2 aromatic carbocycles. The maximum atomic E-state index is 12.8. The molecular weight excluding hydrogens is 398 g/mol. The number of hydrogen-bond acceptors (Lipinski definition) is 8. The number of hydrogen-bond donors (Lipinski definition) is 0. The average Bonchev–Trinajstić information content (AvgIpc) is 3.25. The number of benzene rings is 2. The molecule has 158 valence electrons. The molecular formula is C23H21N3O5. The molecule has 0 unspecified atom stereocenters. The second-order valence-electron chi connectivity index (χ2n) is 6.99. The fourth-order valence-electron chi connectivity index (χ4n) is 3.25. The molecule has 0 saturated heterocycles. The number of esters is 1. The first kappa shape index (κ1) is 20.3. The Hall–Kier alpha value is -3.94. The van der Waals surface area contributed by atoms with Crippen LogP contribution in [0.3, 0.4) is 0 Å². The number of methoxy groups -OCH3 is 2. The van der Waals surface area contributed by atoms with Crippen molar-refractivity contribution >= 4 is 16.9 Å². The second kappa shape index (κ2) is 8.43. The summed E-state index contributed by atoms with van der Waals surface area (Å²) in [4.78, 5) is 21.6. The Morgan fingerprint density at radius 1 is 1.00 bits per heavy atom. The predicted molar refractivity (Wildman–Crippen MR) is 113 cm³/mol. The first-order valence-corrected chi connectivity index (χ1v) is 9.58. The van der Waals surface area contributed by atoms with Crippen LogP contribution in [0.4, 0.5) is 0 Å². The van der Waals surface area contributed by atoms with Gasteiger partial charge >= 0.3 is 5.97 Å². The molecule has 0 bridgehead atoms. The number of fused-ring (bicyclic) bond motifs is 1. The van der Waals surface area contributed by atoms with Crippen LogP contribution in [-0.4, -0.2) is 35.3 Å². The van der Waals surface area contributed by atoms with Crippen LogP contribution in [0, 0.1) is 13.8 Å². The highest BCUT2D eigenvalue weighted by Crippen LogP contribution is 2.31. The number of aromatic nitrogens is 3. The molecule has 0 aliphatic carbocycles. The number of rotatable bonds is 6. The zero-order valence-corrected chi connectivity index (χ0v) is 17.6. The van der Waals surface area contributed by atoms with Crippen LogP contribution >= 0.6 is 0 Å². The van der Waals surface area contributed by atoms with Crippen molar-refractivity contribution in [1.82, 2.24) is 15.1 Å². The highest BCUT2D eigenvalue weighted by Gasteiger charge is 2.18. The lowest BCUT2D eigenvalue weighted by molar-refractivity contribution is 0.0432. The van der Waals surface area contributed by atoms with Gasteiger partial charge in [-0.2, -0.15) is 4.98 Å². The molecule has 8 nitrogen and oxygen atoms in total. The average molecular weight is 419 g/mol. The van der Waals surface area contributed by atoms with Crippen LogP contribution in [0.2, 0.25) is 0 Å². The molecule has 0 spiro atoms. The zero-order valence-electron chi connectivity index (χ0n) is 17.6. The molecule has 2 heterocycles. The molecule has 0 N–H and O–H groups in total. The van der Waals surface area contributed by atoms with Crippen molar-refractivity contribution in [3.8, 4) is 22.9 Å². The Balaban J connectivity index is 1.54. The summed E-state index contributed by atoms with van der Waals surface area (Å²) < 4.78 is 21.3. The summed E-state index contributed by atoms with van der Waals surface area (Å²) in [5, 5.41) is 4.71. The summed E-state index contributed by atoms with van der Waals surface area (Å²) in [5.74, 6) is 1.20. The highest BCUT2D eigenvalue weighted by atomic mass is 16.6. The Morgan fingerprint density at radius 2 is 1.84 bits per heavy atom. The van der Waals surface area contributed by atoms with Gasteiger partial charge in [-0.05, 0) is 44.2 Å². The molecule has 0 aliphatic heterocycles. The van der Waals surface area contributed by atoms with Crippen molar-refractivity contribution in [3.05, 3.63) is 65.2 Å².